The molecule has 0 bridgehead atoms. The molecule has 0 aliphatic rings. The lowest BCUT2D eigenvalue weighted by atomic mass is 10.0. The fourth-order valence-electron chi connectivity index (χ4n) is 4.93. The van der Waals surface area contributed by atoms with E-state index in [2.05, 4.69) is 5.32 Å². The van der Waals surface area contributed by atoms with Gasteiger partial charge in [0.15, 0.2) is 0 Å². The molecule has 3 aromatic carbocycles. The summed E-state index contributed by atoms with van der Waals surface area (Å²) in [5, 5.41) is 3.78. The molecular weight excluding hydrogens is 605 g/mol. The Hall–Kier alpha value is -3.07. The Bertz CT molecular complexity index is 1470. The Morgan fingerprint density at radius 1 is 0.907 bits per heavy atom. The number of halogens is 2. The molecule has 1 N–H and O–H groups in total. The number of carbonyl (C=O) groups excluding carboxylic acids is 2. The second kappa shape index (κ2) is 15.6. The highest BCUT2D eigenvalue weighted by Crippen LogP contribution is 2.28. The number of hydrogen-bond acceptors (Lipinski definition) is 4. The average Bonchev–Trinajstić information content (AvgIpc) is 2.92. The van der Waals surface area contributed by atoms with Crippen LogP contribution in [-0.4, -0.2) is 50.5 Å². The van der Waals surface area contributed by atoms with Crippen LogP contribution in [0.5, 0.6) is 0 Å². The Morgan fingerprint density at radius 2 is 1.51 bits per heavy atom. The van der Waals surface area contributed by atoms with Gasteiger partial charge in [0, 0.05) is 48.1 Å². The number of nitrogens with zero attached hydrogens (tertiary/aromatic N) is 2. The van der Waals surface area contributed by atoms with Gasteiger partial charge in [-0.2, -0.15) is 0 Å². The predicted octanol–water partition coefficient (Wildman–Crippen LogP) is 6.57. The molecule has 0 radical (unpaired) electrons. The van der Waals surface area contributed by atoms with Gasteiger partial charge in [-0.15, -0.1) is 0 Å². The van der Waals surface area contributed by atoms with Crippen LogP contribution in [0.4, 0.5) is 5.69 Å². The fraction of sp³-hybridized carbons (Fsp3) is 0.394. The van der Waals surface area contributed by atoms with Crippen molar-refractivity contribution < 1.29 is 18.0 Å². The lowest BCUT2D eigenvalue weighted by Crippen LogP contribution is -2.51. The molecule has 10 heteroatoms. The van der Waals surface area contributed by atoms with E-state index in [-0.39, 0.29) is 50.1 Å². The van der Waals surface area contributed by atoms with Crippen LogP contribution in [0.25, 0.3) is 0 Å². The molecule has 0 fully saturated rings. The van der Waals surface area contributed by atoms with Gasteiger partial charge in [-0.05, 0) is 67.1 Å². The van der Waals surface area contributed by atoms with Crippen LogP contribution in [0, 0.1) is 19.8 Å². The van der Waals surface area contributed by atoms with Crippen molar-refractivity contribution in [1.29, 1.82) is 0 Å². The molecule has 1 atom stereocenters. The Kier molecular flexibility index (Phi) is 12.5. The van der Waals surface area contributed by atoms with Crippen LogP contribution in [-0.2, 0) is 32.6 Å². The first-order valence-electron chi connectivity index (χ1n) is 14.4. The van der Waals surface area contributed by atoms with E-state index in [9.17, 15) is 18.0 Å². The van der Waals surface area contributed by atoms with Crippen molar-refractivity contribution >= 4 is 50.7 Å². The van der Waals surface area contributed by atoms with Crippen LogP contribution < -0.4 is 9.62 Å². The van der Waals surface area contributed by atoms with Crippen molar-refractivity contribution in [3.8, 4) is 0 Å². The topological polar surface area (TPSA) is 86.8 Å². The van der Waals surface area contributed by atoms with Crippen molar-refractivity contribution in [3.63, 3.8) is 0 Å². The summed E-state index contributed by atoms with van der Waals surface area (Å²) in [6, 6.07) is 19.4. The van der Waals surface area contributed by atoms with Crippen LogP contribution in [0.2, 0.25) is 10.0 Å². The summed E-state index contributed by atoms with van der Waals surface area (Å²) in [5.74, 6) is -0.358. The minimum atomic E-state index is -3.61. The zero-order valence-electron chi connectivity index (χ0n) is 25.4. The molecule has 0 saturated carbocycles. The van der Waals surface area contributed by atoms with Gasteiger partial charge in [0.05, 0.1) is 11.9 Å². The molecule has 3 rings (SSSR count). The van der Waals surface area contributed by atoms with Crippen molar-refractivity contribution in [3.05, 3.63) is 99.0 Å². The number of hydrogen-bond donors (Lipinski definition) is 1. The number of amides is 2. The number of benzene rings is 3. The second-order valence-electron chi connectivity index (χ2n) is 11.4. The maximum Gasteiger partial charge on any atom is 0.243 e. The number of rotatable bonds is 14. The normalized spacial score (nSPS) is 12.2. The molecule has 0 saturated heterocycles. The minimum Gasteiger partial charge on any atom is -0.354 e. The highest BCUT2D eigenvalue weighted by molar-refractivity contribution is 7.92. The van der Waals surface area contributed by atoms with Gasteiger partial charge in [0.1, 0.15) is 6.04 Å². The number of sulfonamides is 1. The standard InChI is InChI=1S/C33H41Cl2N3O4S/c1-23(2)21-36-33(40)31(20-26-11-7-6-8-12-26)37(22-28-29(34)13-9-14-30(28)35)32(39)15-10-16-38(43(5,41)42)27-18-24(3)17-25(4)19-27/h6-9,11-14,17-19,23,31H,10,15-16,20-22H2,1-5H3,(H,36,40). The summed E-state index contributed by atoms with van der Waals surface area (Å²) >= 11 is 13.0. The monoisotopic (exact) mass is 645 g/mol. The number of aryl methyl sites for hydroxylation is 2. The van der Waals surface area contributed by atoms with E-state index in [4.69, 9.17) is 23.2 Å². The second-order valence-corrected chi connectivity index (χ2v) is 14.1. The highest BCUT2D eigenvalue weighted by atomic mass is 35.5. The van der Waals surface area contributed by atoms with Crippen molar-refractivity contribution in [2.45, 2.75) is 59.5 Å². The third kappa shape index (κ3) is 10.3. The maximum atomic E-state index is 14.0. The largest absolute Gasteiger partial charge is 0.354 e. The van der Waals surface area contributed by atoms with E-state index in [1.54, 1.807) is 18.2 Å². The van der Waals surface area contributed by atoms with Crippen molar-refractivity contribution in [2.75, 3.05) is 23.7 Å². The van der Waals surface area contributed by atoms with E-state index in [1.165, 1.54) is 9.21 Å². The predicted molar refractivity (Wildman–Crippen MR) is 176 cm³/mol. The molecule has 232 valence electrons. The van der Waals surface area contributed by atoms with Gasteiger partial charge in [-0.1, -0.05) is 79.5 Å². The van der Waals surface area contributed by atoms with Crippen molar-refractivity contribution in [2.24, 2.45) is 5.92 Å². The molecule has 0 aliphatic heterocycles. The van der Waals surface area contributed by atoms with Crippen LogP contribution in [0.15, 0.2) is 66.7 Å². The third-order valence-electron chi connectivity index (χ3n) is 6.99. The van der Waals surface area contributed by atoms with E-state index >= 15 is 0 Å². The van der Waals surface area contributed by atoms with Crippen LogP contribution in [0.1, 0.15) is 48.9 Å². The first-order chi connectivity index (χ1) is 20.3. The van der Waals surface area contributed by atoms with Gasteiger partial charge >= 0.3 is 0 Å². The summed E-state index contributed by atoms with van der Waals surface area (Å²) in [4.78, 5) is 29.2. The zero-order chi connectivity index (χ0) is 31.7. The first kappa shape index (κ1) is 34.4. The van der Waals surface area contributed by atoms with Crippen LogP contribution >= 0.6 is 23.2 Å². The lowest BCUT2D eigenvalue weighted by Gasteiger charge is -2.32. The zero-order valence-corrected chi connectivity index (χ0v) is 27.8. The van der Waals surface area contributed by atoms with E-state index in [1.807, 2.05) is 76.2 Å². The summed E-state index contributed by atoms with van der Waals surface area (Å²) in [5.41, 5.74) is 3.88. The molecule has 43 heavy (non-hydrogen) atoms. The highest BCUT2D eigenvalue weighted by Gasteiger charge is 2.31. The quantitative estimate of drug-likeness (QED) is 0.215. The van der Waals surface area contributed by atoms with Crippen LogP contribution in [0.3, 0.4) is 0 Å². The summed E-state index contributed by atoms with van der Waals surface area (Å²) in [7, 11) is -3.61. The lowest BCUT2D eigenvalue weighted by molar-refractivity contribution is -0.141. The molecule has 0 aliphatic carbocycles. The molecule has 0 spiro atoms. The molecule has 0 aromatic heterocycles. The SMILES string of the molecule is Cc1cc(C)cc(N(CCCC(=O)N(Cc2c(Cl)cccc2Cl)C(Cc2ccccc2)C(=O)NCC(C)C)S(C)(=O)=O)c1. The number of carbonyl (C=O) groups is 2. The third-order valence-corrected chi connectivity index (χ3v) is 8.89. The summed E-state index contributed by atoms with van der Waals surface area (Å²) in [6.07, 6.45) is 1.71. The Balaban J connectivity index is 1.94. The molecule has 1 unspecified atom stereocenters. The summed E-state index contributed by atoms with van der Waals surface area (Å²) < 4.78 is 26.8. The first-order valence-corrected chi connectivity index (χ1v) is 17.0. The van der Waals surface area contributed by atoms with Gasteiger partial charge in [-0.3, -0.25) is 13.9 Å². The molecule has 7 nitrogen and oxygen atoms in total. The maximum absolute atomic E-state index is 14.0. The number of nitrogens with one attached hydrogen (secondary N) is 1. The minimum absolute atomic E-state index is 0.0155. The van der Waals surface area contributed by atoms with Gasteiger partial charge < -0.3 is 10.2 Å². The Labute approximate surface area is 266 Å². The Morgan fingerprint density at radius 3 is 2.07 bits per heavy atom. The molecule has 0 heterocycles. The van der Waals surface area contributed by atoms with E-state index in [0.717, 1.165) is 22.9 Å². The summed E-state index contributed by atoms with van der Waals surface area (Å²) in [6.45, 7) is 8.42. The fourth-order valence-corrected chi connectivity index (χ4v) is 6.39. The van der Waals surface area contributed by atoms with E-state index in [0.29, 0.717) is 27.8 Å². The van der Waals surface area contributed by atoms with Gasteiger partial charge in [0.25, 0.3) is 0 Å². The van der Waals surface area contributed by atoms with E-state index < -0.39 is 16.1 Å². The molecule has 2 amide bonds. The van der Waals surface area contributed by atoms with Crippen molar-refractivity contribution in [1.82, 2.24) is 10.2 Å². The average molecular weight is 647 g/mol. The smallest absolute Gasteiger partial charge is 0.243 e. The molecular formula is C33H41Cl2N3O4S. The van der Waals surface area contributed by atoms with Gasteiger partial charge in [-0.25, -0.2) is 8.42 Å². The van der Waals surface area contributed by atoms with Gasteiger partial charge in [0.2, 0.25) is 21.8 Å². The molecule has 3 aromatic rings. The number of anilines is 1.